The minimum atomic E-state index is -4.52. The van der Waals surface area contributed by atoms with Crippen molar-refractivity contribution in [1.29, 1.82) is 0 Å². The largest absolute Gasteiger partial charge is 0.450 e. The van der Waals surface area contributed by atoms with Crippen molar-refractivity contribution in [2.75, 3.05) is 0 Å². The van der Waals surface area contributed by atoms with E-state index < -0.39 is 11.9 Å². The number of hydrogen-bond acceptors (Lipinski definition) is 4. The minimum Gasteiger partial charge on any atom is -0.450 e. The zero-order valence-electron chi connectivity index (χ0n) is 11.6. The van der Waals surface area contributed by atoms with Gasteiger partial charge in [0.1, 0.15) is 12.0 Å². The number of rotatable bonds is 2. The summed E-state index contributed by atoms with van der Waals surface area (Å²) in [6.07, 6.45) is -1.13. The van der Waals surface area contributed by atoms with E-state index in [1.54, 1.807) is 13.0 Å². The van der Waals surface area contributed by atoms with Gasteiger partial charge in [0, 0.05) is 11.6 Å². The Hall–Kier alpha value is -2.38. The van der Waals surface area contributed by atoms with Gasteiger partial charge in [0.15, 0.2) is 5.76 Å². The van der Waals surface area contributed by atoms with Crippen molar-refractivity contribution in [3.8, 4) is 11.5 Å². The summed E-state index contributed by atoms with van der Waals surface area (Å²) in [6.45, 7) is 1.58. The van der Waals surface area contributed by atoms with Crippen molar-refractivity contribution in [2.45, 2.75) is 31.9 Å². The summed E-state index contributed by atoms with van der Waals surface area (Å²) in [5.74, 6) is -0.160. The van der Waals surface area contributed by atoms with Crippen LogP contribution in [0.4, 0.5) is 13.2 Å². The van der Waals surface area contributed by atoms with Gasteiger partial charge in [0.2, 0.25) is 5.76 Å². The third-order valence-corrected chi connectivity index (χ3v) is 3.70. The number of halogens is 3. The molecule has 0 spiro atoms. The molecule has 0 unspecified atom stereocenters. The molecule has 1 fully saturated rings. The average Bonchev–Trinajstić information content (AvgIpc) is 3.05. The van der Waals surface area contributed by atoms with E-state index in [2.05, 4.69) is 15.1 Å². The van der Waals surface area contributed by atoms with E-state index in [-0.39, 0.29) is 5.76 Å². The van der Waals surface area contributed by atoms with Crippen molar-refractivity contribution >= 4 is 5.78 Å². The van der Waals surface area contributed by atoms with Crippen LogP contribution in [0.3, 0.4) is 0 Å². The van der Waals surface area contributed by atoms with Crippen LogP contribution in [0, 0.1) is 6.92 Å². The van der Waals surface area contributed by atoms with Crippen LogP contribution in [0.5, 0.6) is 0 Å². The molecule has 1 aliphatic rings. The van der Waals surface area contributed by atoms with Crippen molar-refractivity contribution in [1.82, 2.24) is 19.6 Å². The number of nitrogens with zero attached hydrogens (tertiary/aromatic N) is 4. The van der Waals surface area contributed by atoms with Gasteiger partial charge in [-0.3, -0.25) is 0 Å². The molecule has 1 saturated carbocycles. The fraction of sp³-hybridized carbons (Fsp3) is 0.357. The van der Waals surface area contributed by atoms with Gasteiger partial charge in [0.25, 0.3) is 5.78 Å². The van der Waals surface area contributed by atoms with Crippen LogP contribution in [0.25, 0.3) is 17.2 Å². The Morgan fingerprint density at radius 3 is 2.68 bits per heavy atom. The van der Waals surface area contributed by atoms with Gasteiger partial charge in [-0.05, 0) is 37.5 Å². The Kier molecular flexibility index (Phi) is 2.60. The summed E-state index contributed by atoms with van der Waals surface area (Å²) in [6, 6.07) is 2.74. The summed E-state index contributed by atoms with van der Waals surface area (Å²) in [7, 11) is 0. The van der Waals surface area contributed by atoms with Gasteiger partial charge in [-0.2, -0.15) is 27.8 Å². The van der Waals surface area contributed by atoms with Crippen LogP contribution in [-0.2, 0) is 6.18 Å². The molecule has 3 aromatic rings. The quantitative estimate of drug-likeness (QED) is 0.726. The van der Waals surface area contributed by atoms with Gasteiger partial charge in [-0.25, -0.2) is 4.98 Å². The second-order valence-electron chi connectivity index (χ2n) is 5.43. The lowest BCUT2D eigenvalue weighted by molar-refractivity contribution is -0.152. The molecule has 0 amide bonds. The Bertz CT molecular complexity index is 861. The SMILES string of the molecule is Cc1cc(C(F)(F)F)oc1-c1cc(C2CC2)nc2ncnn12. The lowest BCUT2D eigenvalue weighted by atomic mass is 10.1. The van der Waals surface area contributed by atoms with E-state index in [0.717, 1.165) is 24.6 Å². The molecule has 8 heteroatoms. The van der Waals surface area contributed by atoms with Gasteiger partial charge in [-0.1, -0.05) is 0 Å². The highest BCUT2D eigenvalue weighted by molar-refractivity contribution is 5.61. The smallest absolute Gasteiger partial charge is 0.449 e. The van der Waals surface area contributed by atoms with Crippen LogP contribution in [-0.4, -0.2) is 19.6 Å². The average molecular weight is 308 g/mol. The first-order valence-corrected chi connectivity index (χ1v) is 6.82. The van der Waals surface area contributed by atoms with Crippen molar-refractivity contribution in [2.24, 2.45) is 0 Å². The fourth-order valence-corrected chi connectivity index (χ4v) is 2.46. The normalized spacial score (nSPS) is 15.6. The fourth-order valence-electron chi connectivity index (χ4n) is 2.46. The second-order valence-corrected chi connectivity index (χ2v) is 5.43. The standard InChI is InChI=1S/C14H11F3N4O/c1-7-4-11(14(15,16)17)22-12(7)10-5-9(8-2-3-8)20-13-18-6-19-21(10)13/h4-6,8H,2-3H2,1H3. The van der Waals surface area contributed by atoms with Crippen LogP contribution in [0.2, 0.25) is 0 Å². The molecule has 5 nitrogen and oxygen atoms in total. The van der Waals surface area contributed by atoms with E-state index in [4.69, 9.17) is 4.42 Å². The van der Waals surface area contributed by atoms with E-state index in [0.29, 0.717) is 23.0 Å². The molecular formula is C14H11F3N4O. The molecule has 3 aromatic heterocycles. The summed E-state index contributed by atoms with van der Waals surface area (Å²) >= 11 is 0. The highest BCUT2D eigenvalue weighted by Gasteiger charge is 2.36. The lowest BCUT2D eigenvalue weighted by Crippen LogP contribution is -2.02. The maximum Gasteiger partial charge on any atom is 0.449 e. The van der Waals surface area contributed by atoms with Crippen LogP contribution >= 0.6 is 0 Å². The molecule has 22 heavy (non-hydrogen) atoms. The van der Waals surface area contributed by atoms with Crippen molar-refractivity contribution < 1.29 is 17.6 Å². The molecule has 0 atom stereocenters. The minimum absolute atomic E-state index is 0.145. The van der Waals surface area contributed by atoms with Gasteiger partial charge >= 0.3 is 6.18 Å². The molecule has 0 bridgehead atoms. The summed E-state index contributed by atoms with van der Waals surface area (Å²) in [5, 5.41) is 4.03. The summed E-state index contributed by atoms with van der Waals surface area (Å²) in [5.41, 5.74) is 1.66. The molecule has 0 saturated heterocycles. The molecular weight excluding hydrogens is 297 g/mol. The molecule has 0 radical (unpaired) electrons. The van der Waals surface area contributed by atoms with E-state index in [1.165, 1.54) is 10.8 Å². The van der Waals surface area contributed by atoms with Gasteiger partial charge in [-0.15, -0.1) is 0 Å². The Labute approximate surface area is 122 Å². The van der Waals surface area contributed by atoms with E-state index in [1.807, 2.05) is 0 Å². The molecule has 0 aliphatic heterocycles. The highest BCUT2D eigenvalue weighted by Crippen LogP contribution is 2.41. The number of fused-ring (bicyclic) bond motifs is 1. The first kappa shape index (κ1) is 13.3. The zero-order chi connectivity index (χ0) is 15.5. The maximum absolute atomic E-state index is 12.8. The third kappa shape index (κ3) is 2.06. The molecule has 114 valence electrons. The predicted molar refractivity (Wildman–Crippen MR) is 70.2 cm³/mol. The molecule has 4 rings (SSSR count). The Balaban J connectivity index is 1.93. The monoisotopic (exact) mass is 308 g/mol. The number of aromatic nitrogens is 4. The van der Waals surface area contributed by atoms with Crippen molar-refractivity contribution in [3.63, 3.8) is 0 Å². The van der Waals surface area contributed by atoms with Gasteiger partial charge in [0.05, 0.1) is 0 Å². The second kappa shape index (κ2) is 4.31. The topological polar surface area (TPSA) is 56.2 Å². The Morgan fingerprint density at radius 1 is 1.27 bits per heavy atom. The summed E-state index contributed by atoms with van der Waals surface area (Å²) < 4.78 is 44.9. The number of alkyl halides is 3. The lowest BCUT2D eigenvalue weighted by Gasteiger charge is -2.06. The van der Waals surface area contributed by atoms with Crippen molar-refractivity contribution in [3.05, 3.63) is 35.5 Å². The molecule has 0 N–H and O–H groups in total. The van der Waals surface area contributed by atoms with Crippen LogP contribution in [0.1, 0.15) is 35.8 Å². The predicted octanol–water partition coefficient (Wildman–Crippen LogP) is 3.59. The summed E-state index contributed by atoms with van der Waals surface area (Å²) in [4.78, 5) is 8.43. The van der Waals surface area contributed by atoms with Gasteiger partial charge < -0.3 is 4.42 Å². The number of furan rings is 1. The highest BCUT2D eigenvalue weighted by atomic mass is 19.4. The molecule has 1 aliphatic carbocycles. The molecule has 0 aromatic carbocycles. The number of hydrogen-bond donors (Lipinski definition) is 0. The van der Waals surface area contributed by atoms with Crippen LogP contribution < -0.4 is 0 Å². The van der Waals surface area contributed by atoms with E-state index in [9.17, 15) is 13.2 Å². The first-order chi connectivity index (χ1) is 10.4. The Morgan fingerprint density at radius 2 is 2.05 bits per heavy atom. The maximum atomic E-state index is 12.8. The van der Waals surface area contributed by atoms with E-state index >= 15 is 0 Å². The third-order valence-electron chi connectivity index (χ3n) is 3.70. The zero-order valence-corrected chi connectivity index (χ0v) is 11.6. The number of aryl methyl sites for hydroxylation is 1. The first-order valence-electron chi connectivity index (χ1n) is 6.82. The van der Waals surface area contributed by atoms with Crippen LogP contribution in [0.15, 0.2) is 22.9 Å². The molecule has 3 heterocycles.